The van der Waals surface area contributed by atoms with E-state index in [1.807, 2.05) is 0 Å². The SMILES string of the molecule is CC/C=C\C/C=C\C/C=C\C/C=C\C/C=C\CCCC(=O)OC(COC(=O)CCCCCCCCCCCCCC/C=C\C/C=C\C/C=C\CCCCCCC)COC(=O)CCCCCCCCCCCCCCCCCC. The molecule has 0 aromatic heterocycles. The van der Waals surface area contributed by atoms with Gasteiger partial charge in [0.05, 0.1) is 0 Å². The molecule has 1 atom stereocenters. The molecule has 0 spiro atoms. The molecule has 448 valence electrons. The van der Waals surface area contributed by atoms with Gasteiger partial charge in [0, 0.05) is 19.3 Å². The Kier molecular flexibility index (Phi) is 62.7. The molecule has 0 aliphatic heterocycles. The Morgan fingerprint density at radius 1 is 0.269 bits per heavy atom. The van der Waals surface area contributed by atoms with Gasteiger partial charge in [-0.2, -0.15) is 0 Å². The first kappa shape index (κ1) is 74.3. The number of hydrogen-bond acceptors (Lipinski definition) is 6. The van der Waals surface area contributed by atoms with Crippen LogP contribution in [-0.2, 0) is 28.6 Å². The fourth-order valence-corrected chi connectivity index (χ4v) is 9.37. The maximum absolute atomic E-state index is 12.9. The van der Waals surface area contributed by atoms with E-state index in [-0.39, 0.29) is 37.5 Å². The Morgan fingerprint density at radius 3 is 0.821 bits per heavy atom. The molecular formula is C72H124O6. The van der Waals surface area contributed by atoms with Crippen molar-refractivity contribution in [2.45, 2.75) is 329 Å². The second-order valence-electron chi connectivity index (χ2n) is 22.0. The van der Waals surface area contributed by atoms with Crippen molar-refractivity contribution < 1.29 is 28.6 Å². The predicted octanol–water partition coefficient (Wildman–Crippen LogP) is 22.8. The van der Waals surface area contributed by atoms with Crippen molar-refractivity contribution in [3.8, 4) is 0 Å². The summed E-state index contributed by atoms with van der Waals surface area (Å²) in [6.07, 6.45) is 88.5. The van der Waals surface area contributed by atoms with Gasteiger partial charge in [0.2, 0.25) is 0 Å². The summed E-state index contributed by atoms with van der Waals surface area (Å²) in [5.41, 5.74) is 0. The zero-order valence-corrected chi connectivity index (χ0v) is 51.4. The molecule has 78 heavy (non-hydrogen) atoms. The van der Waals surface area contributed by atoms with E-state index >= 15 is 0 Å². The summed E-state index contributed by atoms with van der Waals surface area (Å²) in [7, 11) is 0. The molecule has 0 amide bonds. The summed E-state index contributed by atoms with van der Waals surface area (Å²) >= 11 is 0. The Morgan fingerprint density at radius 2 is 0.513 bits per heavy atom. The van der Waals surface area contributed by atoms with Crippen molar-refractivity contribution in [1.82, 2.24) is 0 Å². The summed E-state index contributed by atoms with van der Waals surface area (Å²) in [6.45, 7) is 6.50. The molecule has 0 saturated carbocycles. The van der Waals surface area contributed by atoms with Gasteiger partial charge in [-0.15, -0.1) is 0 Å². The lowest BCUT2D eigenvalue weighted by molar-refractivity contribution is -0.167. The lowest BCUT2D eigenvalue weighted by Crippen LogP contribution is -2.30. The lowest BCUT2D eigenvalue weighted by atomic mass is 10.0. The molecule has 1 unspecified atom stereocenters. The highest BCUT2D eigenvalue weighted by molar-refractivity contribution is 5.71. The second-order valence-corrected chi connectivity index (χ2v) is 22.0. The quantitative estimate of drug-likeness (QED) is 0.0261. The van der Waals surface area contributed by atoms with E-state index < -0.39 is 6.10 Å². The Hall–Kier alpha value is -3.67. The van der Waals surface area contributed by atoms with E-state index in [0.29, 0.717) is 19.3 Å². The van der Waals surface area contributed by atoms with Crippen LogP contribution in [0.1, 0.15) is 323 Å². The molecule has 0 heterocycles. The van der Waals surface area contributed by atoms with Crippen LogP contribution in [0.25, 0.3) is 0 Å². The number of carbonyl (C=O) groups excluding carboxylic acids is 3. The van der Waals surface area contributed by atoms with Crippen molar-refractivity contribution in [3.05, 3.63) is 97.2 Å². The highest BCUT2D eigenvalue weighted by Crippen LogP contribution is 2.17. The average molecular weight is 1090 g/mol. The van der Waals surface area contributed by atoms with Gasteiger partial charge in [-0.25, -0.2) is 0 Å². The van der Waals surface area contributed by atoms with E-state index in [1.165, 1.54) is 186 Å². The predicted molar refractivity (Wildman–Crippen MR) is 339 cm³/mol. The van der Waals surface area contributed by atoms with Gasteiger partial charge in [0.15, 0.2) is 6.10 Å². The molecule has 6 heteroatoms. The maximum atomic E-state index is 12.9. The molecular weight excluding hydrogens is 961 g/mol. The first-order valence-corrected chi connectivity index (χ1v) is 33.2. The van der Waals surface area contributed by atoms with Gasteiger partial charge in [0.1, 0.15) is 13.2 Å². The van der Waals surface area contributed by atoms with Crippen LogP contribution >= 0.6 is 0 Å². The fraction of sp³-hybridized carbons (Fsp3) is 0.736. The Labute approximate surface area is 483 Å². The minimum atomic E-state index is -0.808. The van der Waals surface area contributed by atoms with Gasteiger partial charge in [0.25, 0.3) is 0 Å². The van der Waals surface area contributed by atoms with E-state index in [4.69, 9.17) is 14.2 Å². The standard InChI is InChI=1S/C72H124O6/c1-4-7-10-13-16-19-22-25-28-31-32-33-34-35-36-37-38-39-40-42-44-47-50-53-56-59-62-65-71(74)77-68-69(67-76-70(73)64-61-58-55-52-49-46-43-30-27-24-21-18-15-12-9-6-3)78-72(75)66-63-60-57-54-51-48-45-41-29-26-23-20-17-14-11-8-5-2/h8,11,17,20,22,25-26,29,31-32,34-35,45,48,54,57,69H,4-7,9-10,12-16,18-19,21,23-24,27-28,30,33,36-44,46-47,49-53,55-56,58-68H2,1-3H3/b11-8-,20-17-,25-22-,29-26-,32-31-,35-34-,48-45-,57-54-. The summed E-state index contributed by atoms with van der Waals surface area (Å²) < 4.78 is 16.9. The zero-order valence-electron chi connectivity index (χ0n) is 51.4. The molecule has 0 rings (SSSR count). The van der Waals surface area contributed by atoms with Gasteiger partial charge >= 0.3 is 17.9 Å². The van der Waals surface area contributed by atoms with E-state index in [9.17, 15) is 14.4 Å². The van der Waals surface area contributed by atoms with Crippen molar-refractivity contribution in [3.63, 3.8) is 0 Å². The molecule has 0 aromatic carbocycles. The summed E-state index contributed by atoms with van der Waals surface area (Å²) in [4.78, 5) is 38.3. The van der Waals surface area contributed by atoms with Crippen LogP contribution in [-0.4, -0.2) is 37.2 Å². The topological polar surface area (TPSA) is 78.9 Å². The monoisotopic (exact) mass is 1080 g/mol. The van der Waals surface area contributed by atoms with Gasteiger partial charge in [-0.3, -0.25) is 14.4 Å². The lowest BCUT2D eigenvalue weighted by Gasteiger charge is -2.18. The minimum Gasteiger partial charge on any atom is -0.462 e. The number of rotatable bonds is 60. The van der Waals surface area contributed by atoms with Crippen molar-refractivity contribution in [2.24, 2.45) is 0 Å². The first-order chi connectivity index (χ1) is 38.5. The maximum Gasteiger partial charge on any atom is 0.306 e. The summed E-state index contributed by atoms with van der Waals surface area (Å²) in [6, 6.07) is 0. The van der Waals surface area contributed by atoms with Crippen LogP contribution in [0.5, 0.6) is 0 Å². The van der Waals surface area contributed by atoms with E-state index in [2.05, 4.69) is 118 Å². The molecule has 0 aromatic rings. The molecule has 0 radical (unpaired) electrons. The Balaban J connectivity index is 4.36. The molecule has 0 bridgehead atoms. The van der Waals surface area contributed by atoms with Gasteiger partial charge in [-0.05, 0) is 96.3 Å². The summed E-state index contributed by atoms with van der Waals surface area (Å²) in [5, 5.41) is 0. The van der Waals surface area contributed by atoms with Crippen LogP contribution in [0.2, 0.25) is 0 Å². The van der Waals surface area contributed by atoms with E-state index in [1.54, 1.807) is 0 Å². The normalized spacial score (nSPS) is 12.7. The number of hydrogen-bond donors (Lipinski definition) is 0. The van der Waals surface area contributed by atoms with Crippen LogP contribution in [0.3, 0.4) is 0 Å². The van der Waals surface area contributed by atoms with Crippen LogP contribution in [0, 0.1) is 0 Å². The van der Waals surface area contributed by atoms with Crippen molar-refractivity contribution >= 4 is 17.9 Å². The summed E-state index contributed by atoms with van der Waals surface area (Å²) in [5.74, 6) is -0.946. The average Bonchev–Trinajstić information content (AvgIpc) is 3.44. The zero-order chi connectivity index (χ0) is 56.4. The fourth-order valence-electron chi connectivity index (χ4n) is 9.37. The van der Waals surface area contributed by atoms with Crippen LogP contribution in [0.4, 0.5) is 0 Å². The second kappa shape index (κ2) is 65.8. The van der Waals surface area contributed by atoms with Gasteiger partial charge in [-0.1, -0.05) is 304 Å². The van der Waals surface area contributed by atoms with Gasteiger partial charge < -0.3 is 14.2 Å². The largest absolute Gasteiger partial charge is 0.462 e. The number of carbonyl (C=O) groups is 3. The Bertz CT molecular complexity index is 1530. The van der Waals surface area contributed by atoms with E-state index in [0.717, 1.165) is 89.9 Å². The highest BCUT2D eigenvalue weighted by Gasteiger charge is 2.19. The van der Waals surface area contributed by atoms with Crippen LogP contribution < -0.4 is 0 Å². The smallest absolute Gasteiger partial charge is 0.306 e. The number of esters is 3. The van der Waals surface area contributed by atoms with Crippen molar-refractivity contribution in [2.75, 3.05) is 13.2 Å². The highest BCUT2D eigenvalue weighted by atomic mass is 16.6. The molecule has 0 fully saturated rings. The molecule has 0 aliphatic rings. The molecule has 0 saturated heterocycles. The third kappa shape index (κ3) is 63.2. The third-order valence-electron chi connectivity index (χ3n) is 14.3. The molecule has 6 nitrogen and oxygen atoms in total. The number of ether oxygens (including phenoxy) is 3. The first-order valence-electron chi connectivity index (χ1n) is 33.2. The van der Waals surface area contributed by atoms with Crippen LogP contribution in [0.15, 0.2) is 97.2 Å². The minimum absolute atomic E-state index is 0.0978. The number of allylic oxidation sites excluding steroid dienone is 16. The van der Waals surface area contributed by atoms with Crippen molar-refractivity contribution in [1.29, 1.82) is 0 Å². The number of unbranched alkanes of at least 4 members (excludes halogenated alkanes) is 33. The third-order valence-corrected chi connectivity index (χ3v) is 14.3. The molecule has 0 aliphatic carbocycles. The molecule has 0 N–H and O–H groups in total.